The van der Waals surface area contributed by atoms with Gasteiger partial charge in [-0.1, -0.05) is 48.7 Å². The first kappa shape index (κ1) is 22.3. The Balaban J connectivity index is 1.97. The van der Waals surface area contributed by atoms with E-state index in [4.69, 9.17) is 11.6 Å². The summed E-state index contributed by atoms with van der Waals surface area (Å²) in [5, 5.41) is 0. The van der Waals surface area contributed by atoms with E-state index in [1.54, 1.807) is 12.1 Å². The van der Waals surface area contributed by atoms with Crippen molar-refractivity contribution in [3.05, 3.63) is 65.5 Å². The standard InChI is InChI=1S/C20H16ClF7S/c21-18(19(23,24)25,20(26,27)28)14-5-3-13(4-6-14)17(11-1-2-12-17)29-16-9-7-15(22)8-10-16/h3-10H,1-2,11-12H2. The summed E-state index contributed by atoms with van der Waals surface area (Å²) in [5.41, 5.74) is -0.445. The van der Waals surface area contributed by atoms with Crippen LogP contribution in [0.2, 0.25) is 0 Å². The molecule has 9 heteroatoms. The molecule has 1 aliphatic carbocycles. The van der Waals surface area contributed by atoms with Crippen LogP contribution in [0.15, 0.2) is 53.4 Å². The molecule has 158 valence electrons. The van der Waals surface area contributed by atoms with Gasteiger partial charge in [0.2, 0.25) is 0 Å². The summed E-state index contributed by atoms with van der Waals surface area (Å²) in [6.07, 6.45) is -8.25. The van der Waals surface area contributed by atoms with Gasteiger partial charge in [0.25, 0.3) is 4.87 Å². The maximum absolute atomic E-state index is 13.2. The lowest BCUT2D eigenvalue weighted by Crippen LogP contribution is -2.49. The van der Waals surface area contributed by atoms with Crippen LogP contribution < -0.4 is 0 Å². The van der Waals surface area contributed by atoms with Crippen molar-refractivity contribution in [1.29, 1.82) is 0 Å². The zero-order valence-electron chi connectivity index (χ0n) is 14.9. The molecule has 0 atom stereocenters. The van der Waals surface area contributed by atoms with Gasteiger partial charge < -0.3 is 0 Å². The molecular formula is C20H16ClF7S. The van der Waals surface area contributed by atoms with Crippen molar-refractivity contribution in [2.24, 2.45) is 0 Å². The molecular weight excluding hydrogens is 441 g/mol. The van der Waals surface area contributed by atoms with Crippen LogP contribution in [0, 0.1) is 5.82 Å². The number of halogens is 8. The summed E-state index contributed by atoms with van der Waals surface area (Å²) in [6, 6.07) is 9.99. The molecule has 0 nitrogen and oxygen atoms in total. The second-order valence-corrected chi connectivity index (χ2v) is 9.01. The number of thioether (sulfide) groups is 1. The highest BCUT2D eigenvalue weighted by Gasteiger charge is 2.71. The van der Waals surface area contributed by atoms with Gasteiger partial charge in [0.1, 0.15) is 5.82 Å². The minimum Gasteiger partial charge on any atom is -0.207 e. The Morgan fingerprint density at radius 1 is 0.759 bits per heavy atom. The molecule has 0 saturated heterocycles. The normalized spacial score (nSPS) is 17.5. The van der Waals surface area contributed by atoms with Crippen molar-refractivity contribution in [1.82, 2.24) is 0 Å². The van der Waals surface area contributed by atoms with Crippen molar-refractivity contribution in [3.8, 4) is 0 Å². The van der Waals surface area contributed by atoms with Crippen LogP contribution in [-0.2, 0) is 9.62 Å². The number of hydrogen-bond donors (Lipinski definition) is 0. The minimum absolute atomic E-state index is 0.392. The third-order valence-electron chi connectivity index (χ3n) is 5.13. The molecule has 2 aromatic rings. The topological polar surface area (TPSA) is 0 Å². The summed E-state index contributed by atoms with van der Waals surface area (Å²) in [4.78, 5) is -3.69. The fraction of sp³-hybridized carbons (Fsp3) is 0.400. The fourth-order valence-corrected chi connectivity index (χ4v) is 5.21. The van der Waals surface area contributed by atoms with Crippen molar-refractivity contribution >= 4 is 23.4 Å². The first-order valence-corrected chi connectivity index (χ1v) is 9.96. The SMILES string of the molecule is Fc1ccc(SC2(c3ccc(C(Cl)(C(F)(F)F)C(F)(F)F)cc3)CCCC2)cc1. The Morgan fingerprint density at radius 3 is 1.69 bits per heavy atom. The van der Waals surface area contributed by atoms with Crippen LogP contribution in [0.3, 0.4) is 0 Å². The highest BCUT2D eigenvalue weighted by Crippen LogP contribution is 2.56. The molecule has 0 amide bonds. The van der Waals surface area contributed by atoms with Gasteiger partial charge in [-0.2, -0.15) is 26.3 Å². The Labute approximate surface area is 172 Å². The summed E-state index contributed by atoms with van der Waals surface area (Å²) < 4.78 is 91.8. The van der Waals surface area contributed by atoms with Crippen LogP contribution in [-0.4, -0.2) is 12.4 Å². The number of benzene rings is 2. The number of hydrogen-bond acceptors (Lipinski definition) is 1. The van der Waals surface area contributed by atoms with E-state index in [-0.39, 0.29) is 0 Å². The smallest absolute Gasteiger partial charge is 0.207 e. The summed E-state index contributed by atoms with van der Waals surface area (Å²) in [7, 11) is 0. The van der Waals surface area contributed by atoms with E-state index < -0.39 is 33.4 Å². The maximum Gasteiger partial charge on any atom is 0.420 e. The second kappa shape index (κ2) is 7.69. The predicted molar refractivity (Wildman–Crippen MR) is 98.5 cm³/mol. The number of alkyl halides is 7. The van der Waals surface area contributed by atoms with Crippen LogP contribution in [0.25, 0.3) is 0 Å². The molecule has 0 unspecified atom stereocenters. The Bertz CT molecular complexity index is 821. The average Bonchev–Trinajstić information content (AvgIpc) is 3.11. The average molecular weight is 457 g/mol. The lowest BCUT2D eigenvalue weighted by molar-refractivity contribution is -0.272. The largest absolute Gasteiger partial charge is 0.420 e. The maximum atomic E-state index is 13.2. The predicted octanol–water partition coefficient (Wildman–Crippen LogP) is 7.95. The Hall–Kier alpha value is -1.41. The van der Waals surface area contributed by atoms with E-state index in [1.165, 1.54) is 36.0 Å². The van der Waals surface area contributed by atoms with E-state index >= 15 is 0 Å². The molecule has 0 aromatic heterocycles. The quantitative estimate of drug-likeness (QED) is 0.332. The third-order valence-corrected chi connectivity index (χ3v) is 7.32. The van der Waals surface area contributed by atoms with E-state index in [2.05, 4.69) is 0 Å². The van der Waals surface area contributed by atoms with Gasteiger partial charge in [0.05, 0.1) is 0 Å². The van der Waals surface area contributed by atoms with Crippen molar-refractivity contribution in [3.63, 3.8) is 0 Å². The lowest BCUT2D eigenvalue weighted by Gasteiger charge is -2.33. The fourth-order valence-electron chi connectivity index (χ4n) is 3.62. The summed E-state index contributed by atoms with van der Waals surface area (Å²) >= 11 is 6.56. The highest BCUT2D eigenvalue weighted by atomic mass is 35.5. The van der Waals surface area contributed by atoms with E-state index in [9.17, 15) is 30.7 Å². The van der Waals surface area contributed by atoms with Gasteiger partial charge in [0, 0.05) is 9.64 Å². The zero-order chi connectivity index (χ0) is 21.5. The number of rotatable bonds is 4. The van der Waals surface area contributed by atoms with Gasteiger partial charge >= 0.3 is 12.4 Å². The molecule has 29 heavy (non-hydrogen) atoms. The van der Waals surface area contributed by atoms with Crippen molar-refractivity contribution in [2.75, 3.05) is 0 Å². The summed E-state index contributed by atoms with van der Waals surface area (Å²) in [5.74, 6) is -0.392. The van der Waals surface area contributed by atoms with Gasteiger partial charge in [-0.05, 0) is 48.2 Å². The van der Waals surface area contributed by atoms with E-state index in [0.29, 0.717) is 18.4 Å². The first-order valence-electron chi connectivity index (χ1n) is 8.77. The van der Waals surface area contributed by atoms with Crippen LogP contribution >= 0.6 is 23.4 Å². The van der Waals surface area contributed by atoms with Crippen LogP contribution in [0.4, 0.5) is 30.7 Å². The molecule has 0 heterocycles. The van der Waals surface area contributed by atoms with Crippen LogP contribution in [0.5, 0.6) is 0 Å². The van der Waals surface area contributed by atoms with Gasteiger partial charge in [-0.25, -0.2) is 4.39 Å². The Morgan fingerprint density at radius 2 is 1.24 bits per heavy atom. The lowest BCUT2D eigenvalue weighted by atomic mass is 9.91. The molecule has 0 bridgehead atoms. The van der Waals surface area contributed by atoms with E-state index in [0.717, 1.165) is 29.9 Å². The van der Waals surface area contributed by atoms with Crippen molar-refractivity contribution in [2.45, 2.75) is 52.6 Å². The van der Waals surface area contributed by atoms with Gasteiger partial charge in [-0.3, -0.25) is 0 Å². The molecule has 2 aromatic carbocycles. The third kappa shape index (κ3) is 4.10. The molecule has 1 saturated carbocycles. The van der Waals surface area contributed by atoms with Gasteiger partial charge in [0.15, 0.2) is 0 Å². The van der Waals surface area contributed by atoms with E-state index in [1.807, 2.05) is 0 Å². The molecule has 0 aliphatic heterocycles. The molecule has 1 aliphatic rings. The molecule has 1 fully saturated rings. The highest BCUT2D eigenvalue weighted by molar-refractivity contribution is 8.00. The molecule has 0 N–H and O–H groups in total. The molecule has 0 spiro atoms. The first-order chi connectivity index (χ1) is 13.4. The minimum atomic E-state index is -5.71. The summed E-state index contributed by atoms with van der Waals surface area (Å²) in [6.45, 7) is 0. The van der Waals surface area contributed by atoms with Gasteiger partial charge in [-0.15, -0.1) is 11.8 Å². The monoisotopic (exact) mass is 456 g/mol. The van der Waals surface area contributed by atoms with Crippen LogP contribution in [0.1, 0.15) is 36.8 Å². The Kier molecular flexibility index (Phi) is 5.91. The second-order valence-electron chi connectivity index (χ2n) is 6.99. The molecule has 0 radical (unpaired) electrons. The van der Waals surface area contributed by atoms with Crippen molar-refractivity contribution < 1.29 is 30.7 Å². The zero-order valence-corrected chi connectivity index (χ0v) is 16.5. The molecule has 3 rings (SSSR count).